The lowest BCUT2D eigenvalue weighted by molar-refractivity contribution is 0.412. The lowest BCUT2D eigenvalue weighted by atomic mass is 10.3. The number of alkyl halides is 1. The molecule has 0 radical (unpaired) electrons. The third kappa shape index (κ3) is 2.31. The van der Waals surface area contributed by atoms with Gasteiger partial charge in [-0.15, -0.1) is 22.9 Å². The zero-order valence-corrected chi connectivity index (χ0v) is 12.4. The van der Waals surface area contributed by atoms with Crippen molar-refractivity contribution < 1.29 is 8.42 Å². The average molecular weight is 345 g/mol. The van der Waals surface area contributed by atoms with Gasteiger partial charge >= 0.3 is 0 Å². The van der Waals surface area contributed by atoms with Crippen molar-refractivity contribution in [2.75, 3.05) is 12.4 Å². The molecule has 2 heterocycles. The lowest BCUT2D eigenvalue weighted by Crippen LogP contribution is -2.36. The maximum Gasteiger partial charge on any atom is 0.252 e. The predicted molar refractivity (Wildman–Crippen MR) is 69.7 cm³/mol. The summed E-state index contributed by atoms with van der Waals surface area (Å²) in [6.45, 7) is 0.579. The first kappa shape index (κ1) is 12.8. The molecule has 0 spiro atoms. The molecule has 1 saturated heterocycles. The van der Waals surface area contributed by atoms with Crippen molar-refractivity contribution >= 4 is 48.9 Å². The molecule has 1 aromatic heterocycles. The van der Waals surface area contributed by atoms with Gasteiger partial charge in [0.25, 0.3) is 10.0 Å². The average Bonchev–Trinajstić information content (AvgIpc) is 2.85. The fourth-order valence-corrected chi connectivity index (χ4v) is 6.07. The van der Waals surface area contributed by atoms with Crippen molar-refractivity contribution in [2.45, 2.75) is 23.1 Å². The molecular formula is C9H11BrClNO2S2. The smallest absolute Gasteiger partial charge is 0.206 e. The van der Waals surface area contributed by atoms with Crippen LogP contribution in [0.4, 0.5) is 0 Å². The summed E-state index contributed by atoms with van der Waals surface area (Å²) in [4.78, 5) is 0. The Hall–Kier alpha value is 0.380. The Morgan fingerprint density at radius 3 is 2.88 bits per heavy atom. The minimum Gasteiger partial charge on any atom is -0.206 e. The Balaban J connectivity index is 2.32. The quantitative estimate of drug-likeness (QED) is 0.791. The van der Waals surface area contributed by atoms with Crippen LogP contribution in [0, 0.1) is 0 Å². The molecular weight excluding hydrogens is 334 g/mol. The summed E-state index contributed by atoms with van der Waals surface area (Å²) in [7, 11) is -3.34. The van der Waals surface area contributed by atoms with Crippen molar-refractivity contribution in [2.24, 2.45) is 0 Å². The van der Waals surface area contributed by atoms with Gasteiger partial charge in [-0.1, -0.05) is 0 Å². The van der Waals surface area contributed by atoms with E-state index in [2.05, 4.69) is 15.9 Å². The number of sulfonamides is 1. The Bertz CT molecular complexity index is 474. The molecule has 3 nitrogen and oxygen atoms in total. The second-order valence-electron chi connectivity index (χ2n) is 3.62. The highest BCUT2D eigenvalue weighted by atomic mass is 79.9. The Morgan fingerprint density at radius 1 is 1.56 bits per heavy atom. The molecule has 90 valence electrons. The van der Waals surface area contributed by atoms with E-state index >= 15 is 0 Å². The molecule has 1 fully saturated rings. The molecule has 1 aromatic rings. The van der Waals surface area contributed by atoms with E-state index in [4.69, 9.17) is 11.6 Å². The number of thiophene rings is 1. The van der Waals surface area contributed by atoms with E-state index in [0.717, 1.165) is 16.6 Å². The summed E-state index contributed by atoms with van der Waals surface area (Å²) in [5.41, 5.74) is 0. The van der Waals surface area contributed by atoms with Gasteiger partial charge in [0.2, 0.25) is 0 Å². The molecule has 2 rings (SSSR count). The molecule has 0 N–H and O–H groups in total. The highest BCUT2D eigenvalue weighted by molar-refractivity contribution is 9.11. The van der Waals surface area contributed by atoms with Crippen LogP contribution in [0.15, 0.2) is 20.1 Å². The van der Waals surface area contributed by atoms with Crippen LogP contribution < -0.4 is 0 Å². The maximum atomic E-state index is 12.3. The first-order valence-electron chi connectivity index (χ1n) is 4.89. The fourth-order valence-electron chi connectivity index (χ4n) is 1.83. The molecule has 7 heteroatoms. The summed E-state index contributed by atoms with van der Waals surface area (Å²) in [5.74, 6) is 0.367. The summed E-state index contributed by atoms with van der Waals surface area (Å²) in [5, 5.41) is 0. The highest BCUT2D eigenvalue weighted by Gasteiger charge is 2.35. The van der Waals surface area contributed by atoms with Crippen molar-refractivity contribution in [1.29, 1.82) is 0 Å². The molecule has 1 aliphatic rings. The van der Waals surface area contributed by atoms with Gasteiger partial charge in [-0.3, -0.25) is 0 Å². The molecule has 0 bridgehead atoms. The van der Waals surface area contributed by atoms with Crippen molar-refractivity contribution in [3.8, 4) is 0 Å². The van der Waals surface area contributed by atoms with Gasteiger partial charge in [0.15, 0.2) is 0 Å². The van der Waals surface area contributed by atoms with Crippen molar-refractivity contribution in [1.82, 2.24) is 4.31 Å². The second-order valence-corrected chi connectivity index (χ2v) is 8.51. The van der Waals surface area contributed by atoms with Crippen LogP contribution in [0.5, 0.6) is 0 Å². The van der Waals surface area contributed by atoms with E-state index < -0.39 is 10.0 Å². The molecule has 1 unspecified atom stereocenters. The zero-order valence-electron chi connectivity index (χ0n) is 8.40. The van der Waals surface area contributed by atoms with Gasteiger partial charge in [0.05, 0.1) is 3.79 Å². The van der Waals surface area contributed by atoms with Gasteiger partial charge in [-0.05, 0) is 40.9 Å². The second kappa shape index (κ2) is 4.94. The molecule has 1 aliphatic heterocycles. The molecule has 0 aromatic carbocycles. The van der Waals surface area contributed by atoms with Crippen LogP contribution in [0.3, 0.4) is 0 Å². The van der Waals surface area contributed by atoms with Crippen LogP contribution in [0.1, 0.15) is 12.8 Å². The number of halogens is 2. The van der Waals surface area contributed by atoms with E-state index in [9.17, 15) is 8.42 Å². The third-order valence-electron chi connectivity index (χ3n) is 2.61. The zero-order chi connectivity index (χ0) is 11.8. The number of hydrogen-bond acceptors (Lipinski definition) is 3. The summed E-state index contributed by atoms with van der Waals surface area (Å²) in [6, 6.07) is 3.34. The van der Waals surface area contributed by atoms with Gasteiger partial charge in [-0.25, -0.2) is 8.42 Å². The van der Waals surface area contributed by atoms with E-state index in [1.54, 1.807) is 12.1 Å². The number of hydrogen-bond donors (Lipinski definition) is 0. The van der Waals surface area contributed by atoms with Crippen molar-refractivity contribution in [3.63, 3.8) is 0 Å². The summed E-state index contributed by atoms with van der Waals surface area (Å²) >= 11 is 10.3. The van der Waals surface area contributed by atoms with E-state index in [1.165, 1.54) is 15.6 Å². The van der Waals surface area contributed by atoms with Crippen LogP contribution in [0.2, 0.25) is 0 Å². The van der Waals surface area contributed by atoms with Gasteiger partial charge in [0.1, 0.15) is 4.21 Å². The third-order valence-corrected chi connectivity index (χ3v) is 7.01. The van der Waals surface area contributed by atoms with E-state index in [1.807, 2.05) is 0 Å². The van der Waals surface area contributed by atoms with Gasteiger partial charge < -0.3 is 0 Å². The fraction of sp³-hybridized carbons (Fsp3) is 0.556. The molecule has 16 heavy (non-hydrogen) atoms. The summed E-state index contributed by atoms with van der Waals surface area (Å²) < 4.78 is 27.3. The van der Waals surface area contributed by atoms with Crippen LogP contribution >= 0.6 is 38.9 Å². The van der Waals surface area contributed by atoms with Crippen LogP contribution in [0.25, 0.3) is 0 Å². The molecule has 0 aliphatic carbocycles. The summed E-state index contributed by atoms with van der Waals surface area (Å²) in [6.07, 6.45) is 1.75. The molecule has 0 amide bonds. The topological polar surface area (TPSA) is 37.4 Å². The Labute approximate surface area is 113 Å². The first-order valence-corrected chi connectivity index (χ1v) is 8.47. The van der Waals surface area contributed by atoms with Crippen LogP contribution in [-0.4, -0.2) is 31.2 Å². The minimum atomic E-state index is -3.34. The normalized spacial score (nSPS) is 22.8. The number of nitrogens with zero attached hydrogens (tertiary/aromatic N) is 1. The van der Waals surface area contributed by atoms with Gasteiger partial charge in [-0.2, -0.15) is 4.31 Å². The lowest BCUT2D eigenvalue weighted by Gasteiger charge is -2.21. The van der Waals surface area contributed by atoms with Crippen molar-refractivity contribution in [3.05, 3.63) is 15.9 Å². The SMILES string of the molecule is O=S(=O)(c1ccc(Br)s1)N1CCCC1CCl. The minimum absolute atomic E-state index is 0.0486. The monoisotopic (exact) mass is 343 g/mol. The van der Waals surface area contributed by atoms with Gasteiger partial charge in [0, 0.05) is 18.5 Å². The Kier molecular flexibility index (Phi) is 3.96. The highest BCUT2D eigenvalue weighted by Crippen LogP contribution is 2.32. The van der Waals surface area contributed by atoms with Crippen LogP contribution in [-0.2, 0) is 10.0 Å². The first-order chi connectivity index (χ1) is 7.55. The standard InChI is InChI=1S/C9H11BrClNO2S2/c10-8-3-4-9(15-8)16(13,14)12-5-1-2-7(12)6-11/h3-4,7H,1-2,5-6H2. The van der Waals surface area contributed by atoms with E-state index in [0.29, 0.717) is 16.6 Å². The Morgan fingerprint density at radius 2 is 2.31 bits per heavy atom. The van der Waals surface area contributed by atoms with E-state index in [-0.39, 0.29) is 6.04 Å². The maximum absolute atomic E-state index is 12.3. The molecule has 1 atom stereocenters. The predicted octanol–water partition coefficient (Wildman–Crippen LogP) is 2.90. The molecule has 0 saturated carbocycles. The largest absolute Gasteiger partial charge is 0.252 e. The number of rotatable bonds is 3.